The molecule has 108 valence electrons. The predicted octanol–water partition coefficient (Wildman–Crippen LogP) is 3.31. The average Bonchev–Trinajstić information content (AvgIpc) is 2.48. The van der Waals surface area contributed by atoms with Crippen LogP contribution in [0, 0.1) is 0 Å². The Morgan fingerprint density at radius 1 is 1.10 bits per heavy atom. The lowest BCUT2D eigenvalue weighted by molar-refractivity contribution is -0.136. The van der Waals surface area contributed by atoms with Gasteiger partial charge in [0.15, 0.2) is 0 Å². The standard InChI is InChI=1S/C18H19NO2/c20-18(21)10-11-19(16-7-2-1-3-8-16)13-15-12-14-6-4-5-9-17(14)15/h1-9,15H,10-13H2,(H,20,21). The average molecular weight is 281 g/mol. The molecule has 0 spiro atoms. The van der Waals surface area contributed by atoms with Gasteiger partial charge in [-0.15, -0.1) is 0 Å². The van der Waals surface area contributed by atoms with Crippen molar-refractivity contribution in [3.05, 3.63) is 65.7 Å². The molecule has 0 saturated carbocycles. The van der Waals surface area contributed by atoms with Gasteiger partial charge in [-0.05, 0) is 29.7 Å². The lowest BCUT2D eigenvalue weighted by Crippen LogP contribution is -2.35. The molecule has 0 radical (unpaired) electrons. The van der Waals surface area contributed by atoms with Crippen molar-refractivity contribution in [2.45, 2.75) is 18.8 Å². The molecule has 1 atom stereocenters. The lowest BCUT2D eigenvalue weighted by Gasteiger charge is -2.36. The molecule has 3 rings (SSSR count). The van der Waals surface area contributed by atoms with Crippen LogP contribution in [0.25, 0.3) is 0 Å². The summed E-state index contributed by atoms with van der Waals surface area (Å²) in [4.78, 5) is 13.1. The zero-order chi connectivity index (χ0) is 14.7. The van der Waals surface area contributed by atoms with Gasteiger partial charge in [0, 0.05) is 24.7 Å². The number of benzene rings is 2. The number of carboxylic acids is 1. The molecule has 0 bridgehead atoms. The topological polar surface area (TPSA) is 40.5 Å². The highest BCUT2D eigenvalue weighted by atomic mass is 16.4. The maximum absolute atomic E-state index is 10.9. The number of carbonyl (C=O) groups is 1. The van der Waals surface area contributed by atoms with Crippen molar-refractivity contribution < 1.29 is 9.90 Å². The molecule has 1 unspecified atom stereocenters. The Morgan fingerprint density at radius 2 is 1.81 bits per heavy atom. The zero-order valence-electron chi connectivity index (χ0n) is 11.9. The van der Waals surface area contributed by atoms with Gasteiger partial charge in [0.25, 0.3) is 0 Å². The number of fused-ring (bicyclic) bond motifs is 1. The van der Waals surface area contributed by atoms with E-state index in [0.29, 0.717) is 12.5 Å². The van der Waals surface area contributed by atoms with Gasteiger partial charge >= 0.3 is 5.97 Å². The molecule has 0 fully saturated rings. The van der Waals surface area contributed by atoms with Crippen molar-refractivity contribution in [2.75, 3.05) is 18.0 Å². The molecule has 3 nitrogen and oxygen atoms in total. The maximum Gasteiger partial charge on any atom is 0.305 e. The summed E-state index contributed by atoms with van der Waals surface area (Å²) < 4.78 is 0. The van der Waals surface area contributed by atoms with Crippen molar-refractivity contribution in [2.24, 2.45) is 0 Å². The number of rotatable bonds is 6. The Morgan fingerprint density at radius 3 is 2.52 bits per heavy atom. The van der Waals surface area contributed by atoms with E-state index in [2.05, 4.69) is 29.2 Å². The van der Waals surface area contributed by atoms with Crippen LogP contribution in [0.4, 0.5) is 5.69 Å². The zero-order valence-corrected chi connectivity index (χ0v) is 11.9. The highest BCUT2D eigenvalue weighted by Crippen LogP contribution is 2.36. The Bertz CT molecular complexity index is 624. The van der Waals surface area contributed by atoms with Gasteiger partial charge in [-0.3, -0.25) is 4.79 Å². The summed E-state index contributed by atoms with van der Waals surface area (Å²) in [5.41, 5.74) is 3.94. The fourth-order valence-electron chi connectivity index (χ4n) is 2.99. The summed E-state index contributed by atoms with van der Waals surface area (Å²) in [6, 6.07) is 18.6. The van der Waals surface area contributed by atoms with Gasteiger partial charge in [-0.25, -0.2) is 0 Å². The van der Waals surface area contributed by atoms with Gasteiger partial charge in [-0.1, -0.05) is 42.5 Å². The SMILES string of the molecule is O=C(O)CCN(CC1Cc2ccccc21)c1ccccc1. The Kier molecular flexibility index (Phi) is 3.91. The highest BCUT2D eigenvalue weighted by molar-refractivity contribution is 5.67. The van der Waals surface area contributed by atoms with E-state index in [9.17, 15) is 4.79 Å². The van der Waals surface area contributed by atoms with Crippen molar-refractivity contribution in [3.63, 3.8) is 0 Å². The van der Waals surface area contributed by atoms with Crippen LogP contribution >= 0.6 is 0 Å². The van der Waals surface area contributed by atoms with Crippen molar-refractivity contribution >= 4 is 11.7 Å². The largest absolute Gasteiger partial charge is 0.481 e. The van der Waals surface area contributed by atoms with Crippen molar-refractivity contribution in [1.82, 2.24) is 0 Å². The summed E-state index contributed by atoms with van der Waals surface area (Å²) in [6.07, 6.45) is 1.26. The minimum absolute atomic E-state index is 0.170. The first kappa shape index (κ1) is 13.7. The molecular formula is C18H19NO2. The third kappa shape index (κ3) is 3.07. The van der Waals surface area contributed by atoms with Gasteiger partial charge < -0.3 is 10.0 Å². The first-order valence-electron chi connectivity index (χ1n) is 7.33. The molecule has 0 heterocycles. The lowest BCUT2D eigenvalue weighted by atomic mass is 9.77. The third-order valence-electron chi connectivity index (χ3n) is 4.12. The Hall–Kier alpha value is -2.29. The van der Waals surface area contributed by atoms with E-state index in [-0.39, 0.29) is 6.42 Å². The molecule has 2 aromatic carbocycles. The molecule has 3 heteroatoms. The molecular weight excluding hydrogens is 262 g/mol. The smallest absolute Gasteiger partial charge is 0.305 e. The van der Waals surface area contributed by atoms with E-state index in [0.717, 1.165) is 18.7 Å². The number of nitrogens with zero attached hydrogens (tertiary/aromatic N) is 1. The highest BCUT2D eigenvalue weighted by Gasteiger charge is 2.27. The molecule has 0 aliphatic heterocycles. The van der Waals surface area contributed by atoms with E-state index < -0.39 is 5.97 Å². The Labute approximate surface area is 124 Å². The van der Waals surface area contributed by atoms with Crippen LogP contribution < -0.4 is 4.90 Å². The third-order valence-corrected chi connectivity index (χ3v) is 4.12. The van der Waals surface area contributed by atoms with Crippen LogP contribution in [0.3, 0.4) is 0 Å². The fraction of sp³-hybridized carbons (Fsp3) is 0.278. The molecule has 0 saturated heterocycles. The normalized spacial score (nSPS) is 15.9. The first-order chi connectivity index (χ1) is 10.2. The van der Waals surface area contributed by atoms with Crippen LogP contribution in [0.2, 0.25) is 0 Å². The van der Waals surface area contributed by atoms with Gasteiger partial charge in [0.2, 0.25) is 0 Å². The number of aliphatic carboxylic acids is 1. The minimum atomic E-state index is -0.745. The van der Waals surface area contributed by atoms with Gasteiger partial charge in [0.1, 0.15) is 0 Å². The number of carboxylic acid groups (broad SMARTS) is 1. The van der Waals surface area contributed by atoms with Crippen LogP contribution in [0.5, 0.6) is 0 Å². The van der Waals surface area contributed by atoms with E-state index >= 15 is 0 Å². The summed E-state index contributed by atoms with van der Waals surface area (Å²) in [5.74, 6) is -0.236. The summed E-state index contributed by atoms with van der Waals surface area (Å²) >= 11 is 0. The summed E-state index contributed by atoms with van der Waals surface area (Å²) in [5, 5.41) is 8.95. The molecule has 1 aliphatic rings. The molecule has 1 aliphatic carbocycles. The second kappa shape index (κ2) is 6.00. The number of anilines is 1. The van der Waals surface area contributed by atoms with Gasteiger partial charge in [-0.2, -0.15) is 0 Å². The number of para-hydroxylation sites is 1. The van der Waals surface area contributed by atoms with Crippen LogP contribution in [0.15, 0.2) is 54.6 Å². The quantitative estimate of drug-likeness (QED) is 0.883. The first-order valence-corrected chi connectivity index (χ1v) is 7.33. The fourth-order valence-corrected chi connectivity index (χ4v) is 2.99. The maximum atomic E-state index is 10.9. The summed E-state index contributed by atoms with van der Waals surface area (Å²) in [7, 11) is 0. The molecule has 0 aromatic heterocycles. The van der Waals surface area contributed by atoms with Gasteiger partial charge in [0.05, 0.1) is 6.42 Å². The molecule has 21 heavy (non-hydrogen) atoms. The van der Waals surface area contributed by atoms with Crippen LogP contribution in [-0.4, -0.2) is 24.2 Å². The Balaban J connectivity index is 1.73. The van der Waals surface area contributed by atoms with E-state index in [4.69, 9.17) is 5.11 Å². The predicted molar refractivity (Wildman–Crippen MR) is 83.8 cm³/mol. The molecule has 2 aromatic rings. The van der Waals surface area contributed by atoms with Crippen LogP contribution in [0.1, 0.15) is 23.5 Å². The molecule has 1 N–H and O–H groups in total. The second-order valence-corrected chi connectivity index (χ2v) is 5.53. The van der Waals surface area contributed by atoms with Crippen molar-refractivity contribution in [3.8, 4) is 0 Å². The van der Waals surface area contributed by atoms with Crippen molar-refractivity contribution in [1.29, 1.82) is 0 Å². The van der Waals surface area contributed by atoms with E-state index in [1.165, 1.54) is 11.1 Å². The second-order valence-electron chi connectivity index (χ2n) is 5.53. The van der Waals surface area contributed by atoms with E-state index in [1.54, 1.807) is 0 Å². The van der Waals surface area contributed by atoms with Crippen LogP contribution in [-0.2, 0) is 11.2 Å². The number of hydrogen-bond acceptors (Lipinski definition) is 2. The molecule has 0 amide bonds. The van der Waals surface area contributed by atoms with E-state index in [1.807, 2.05) is 30.3 Å². The number of hydrogen-bond donors (Lipinski definition) is 1. The minimum Gasteiger partial charge on any atom is -0.481 e. The summed E-state index contributed by atoms with van der Waals surface area (Å²) in [6.45, 7) is 1.44. The monoisotopic (exact) mass is 281 g/mol.